The van der Waals surface area contributed by atoms with Gasteiger partial charge in [0.05, 0.1) is 12.3 Å². The summed E-state index contributed by atoms with van der Waals surface area (Å²) in [6.45, 7) is 1.22. The molecule has 0 aromatic carbocycles. The highest BCUT2D eigenvalue weighted by Gasteiger charge is 2.01. The smallest absolute Gasteiger partial charge is 0.209 e. The molecule has 0 atom stereocenters. The molecule has 1 heterocycles. The van der Waals surface area contributed by atoms with Crippen molar-refractivity contribution in [2.75, 3.05) is 12.3 Å². The first-order valence-corrected chi connectivity index (χ1v) is 5.99. The third kappa shape index (κ3) is 4.95. The van der Waals surface area contributed by atoms with Crippen LogP contribution in [0.5, 0.6) is 0 Å². The van der Waals surface area contributed by atoms with E-state index >= 15 is 0 Å². The minimum atomic E-state index is -3.32. The lowest BCUT2D eigenvalue weighted by atomic mass is 10.4. The van der Waals surface area contributed by atoms with Crippen LogP contribution in [0.25, 0.3) is 0 Å². The van der Waals surface area contributed by atoms with Gasteiger partial charge in [-0.3, -0.25) is 0 Å². The van der Waals surface area contributed by atoms with Crippen LogP contribution in [0.3, 0.4) is 0 Å². The van der Waals surface area contributed by atoms with E-state index in [1.807, 2.05) is 0 Å². The molecular formula is C7H14N4O2S. The number of nitrogens with zero attached hydrogens (tertiary/aromatic N) is 1. The van der Waals surface area contributed by atoms with Gasteiger partial charge in [0.25, 0.3) is 0 Å². The van der Waals surface area contributed by atoms with Gasteiger partial charge in [-0.1, -0.05) is 0 Å². The zero-order valence-electron chi connectivity index (χ0n) is 7.73. The zero-order chi connectivity index (χ0) is 10.4. The van der Waals surface area contributed by atoms with Gasteiger partial charge in [0.2, 0.25) is 10.0 Å². The molecule has 80 valence electrons. The van der Waals surface area contributed by atoms with Crippen LogP contribution in [0.4, 0.5) is 0 Å². The number of aromatic nitrogens is 2. The lowest BCUT2D eigenvalue weighted by Crippen LogP contribution is -2.22. The van der Waals surface area contributed by atoms with Gasteiger partial charge in [-0.05, 0) is 13.0 Å². The molecule has 0 unspecified atom stereocenters. The van der Waals surface area contributed by atoms with Crippen molar-refractivity contribution in [1.29, 1.82) is 0 Å². The van der Waals surface area contributed by atoms with Crippen LogP contribution in [0.15, 0.2) is 12.4 Å². The van der Waals surface area contributed by atoms with E-state index in [0.29, 0.717) is 19.5 Å². The van der Waals surface area contributed by atoms with Gasteiger partial charge < -0.3 is 10.3 Å². The summed E-state index contributed by atoms with van der Waals surface area (Å²) in [7, 11) is -3.32. The van der Waals surface area contributed by atoms with Gasteiger partial charge in [-0.25, -0.2) is 18.5 Å². The van der Waals surface area contributed by atoms with Crippen molar-refractivity contribution in [1.82, 2.24) is 15.3 Å². The molecule has 0 radical (unpaired) electrons. The van der Waals surface area contributed by atoms with Gasteiger partial charge in [0.1, 0.15) is 5.82 Å². The SMILES string of the molecule is NS(=O)(=O)CCCNCc1ncc[nH]1. The molecule has 0 saturated heterocycles. The molecule has 0 saturated carbocycles. The molecule has 1 rings (SSSR count). The van der Waals surface area contributed by atoms with Crippen LogP contribution in [0.1, 0.15) is 12.2 Å². The van der Waals surface area contributed by atoms with Crippen LogP contribution in [-0.4, -0.2) is 30.7 Å². The summed E-state index contributed by atoms with van der Waals surface area (Å²) in [4.78, 5) is 6.93. The molecule has 0 aliphatic rings. The summed E-state index contributed by atoms with van der Waals surface area (Å²) in [6, 6.07) is 0. The number of nitrogens with one attached hydrogen (secondary N) is 2. The second-order valence-corrected chi connectivity index (χ2v) is 4.67. The normalized spacial score (nSPS) is 11.8. The average molecular weight is 218 g/mol. The van der Waals surface area contributed by atoms with E-state index in [1.165, 1.54) is 0 Å². The zero-order valence-corrected chi connectivity index (χ0v) is 8.55. The lowest BCUT2D eigenvalue weighted by Gasteiger charge is -2.01. The largest absolute Gasteiger partial charge is 0.348 e. The number of rotatable bonds is 6. The van der Waals surface area contributed by atoms with Crippen molar-refractivity contribution in [3.8, 4) is 0 Å². The maximum Gasteiger partial charge on any atom is 0.209 e. The molecule has 7 heteroatoms. The van der Waals surface area contributed by atoms with Crippen LogP contribution in [0, 0.1) is 0 Å². The van der Waals surface area contributed by atoms with E-state index in [0.717, 1.165) is 5.82 Å². The van der Waals surface area contributed by atoms with Gasteiger partial charge in [0, 0.05) is 12.4 Å². The average Bonchev–Trinajstić information content (AvgIpc) is 2.54. The first-order valence-electron chi connectivity index (χ1n) is 4.27. The van der Waals surface area contributed by atoms with E-state index in [4.69, 9.17) is 5.14 Å². The van der Waals surface area contributed by atoms with Crippen LogP contribution >= 0.6 is 0 Å². The number of hydrogen-bond donors (Lipinski definition) is 3. The molecule has 0 amide bonds. The van der Waals surface area contributed by atoms with Crippen molar-refractivity contribution in [3.63, 3.8) is 0 Å². The number of hydrogen-bond acceptors (Lipinski definition) is 4. The monoisotopic (exact) mass is 218 g/mol. The summed E-state index contributed by atoms with van der Waals surface area (Å²) in [5.74, 6) is 0.846. The van der Waals surface area contributed by atoms with Gasteiger partial charge in [-0.2, -0.15) is 0 Å². The molecule has 0 spiro atoms. The molecule has 1 aromatic rings. The third-order valence-electron chi connectivity index (χ3n) is 1.63. The quantitative estimate of drug-likeness (QED) is 0.543. The fraction of sp³-hybridized carbons (Fsp3) is 0.571. The molecule has 1 aromatic heterocycles. The van der Waals surface area contributed by atoms with Gasteiger partial charge >= 0.3 is 0 Å². The number of primary sulfonamides is 1. The summed E-state index contributed by atoms with van der Waals surface area (Å²) < 4.78 is 21.1. The minimum Gasteiger partial charge on any atom is -0.348 e. The Morgan fingerprint density at radius 3 is 2.93 bits per heavy atom. The topological polar surface area (TPSA) is 101 Å². The van der Waals surface area contributed by atoms with Crippen LogP contribution < -0.4 is 10.5 Å². The molecule has 0 fully saturated rings. The number of sulfonamides is 1. The molecule has 0 aliphatic heterocycles. The predicted octanol–water partition coefficient (Wildman–Crippen LogP) is -0.822. The van der Waals surface area contributed by atoms with E-state index < -0.39 is 10.0 Å². The number of imidazole rings is 1. The minimum absolute atomic E-state index is 0.0121. The second kappa shape index (κ2) is 5.08. The van der Waals surface area contributed by atoms with E-state index in [1.54, 1.807) is 12.4 Å². The maximum atomic E-state index is 10.6. The molecule has 6 nitrogen and oxygen atoms in total. The van der Waals surface area contributed by atoms with Crippen LogP contribution in [0.2, 0.25) is 0 Å². The van der Waals surface area contributed by atoms with Crippen molar-refractivity contribution in [2.45, 2.75) is 13.0 Å². The van der Waals surface area contributed by atoms with E-state index in [9.17, 15) is 8.42 Å². The fourth-order valence-corrected chi connectivity index (χ4v) is 1.55. The summed E-state index contributed by atoms with van der Waals surface area (Å²) >= 11 is 0. The summed E-state index contributed by atoms with van der Waals surface area (Å²) in [5.41, 5.74) is 0. The van der Waals surface area contributed by atoms with Gasteiger partial charge in [-0.15, -0.1) is 0 Å². The Hall–Kier alpha value is -0.920. The number of H-pyrrole nitrogens is 1. The van der Waals surface area contributed by atoms with Crippen molar-refractivity contribution in [2.24, 2.45) is 5.14 Å². The van der Waals surface area contributed by atoms with E-state index in [2.05, 4.69) is 15.3 Å². The molecule has 4 N–H and O–H groups in total. The Kier molecular flexibility index (Phi) is 4.05. The molecular weight excluding hydrogens is 204 g/mol. The Morgan fingerprint density at radius 1 is 1.57 bits per heavy atom. The third-order valence-corrected chi connectivity index (χ3v) is 2.49. The highest BCUT2D eigenvalue weighted by molar-refractivity contribution is 7.89. The number of nitrogens with two attached hydrogens (primary N) is 1. The van der Waals surface area contributed by atoms with E-state index in [-0.39, 0.29) is 5.75 Å². The Balaban J connectivity index is 2.06. The highest BCUT2D eigenvalue weighted by Crippen LogP contribution is 1.88. The predicted molar refractivity (Wildman–Crippen MR) is 52.9 cm³/mol. The van der Waals surface area contributed by atoms with Crippen LogP contribution in [-0.2, 0) is 16.6 Å². The lowest BCUT2D eigenvalue weighted by molar-refractivity contribution is 0.589. The first-order chi connectivity index (χ1) is 6.58. The molecule has 0 bridgehead atoms. The van der Waals surface area contributed by atoms with Crippen molar-refractivity contribution >= 4 is 10.0 Å². The summed E-state index contributed by atoms with van der Waals surface area (Å²) in [5, 5.41) is 7.88. The first kappa shape index (κ1) is 11.2. The fourth-order valence-electron chi connectivity index (χ4n) is 1.000. The molecule has 14 heavy (non-hydrogen) atoms. The maximum absolute atomic E-state index is 10.6. The Bertz CT molecular complexity index is 346. The second-order valence-electron chi connectivity index (χ2n) is 2.93. The molecule has 0 aliphatic carbocycles. The standard InChI is InChI=1S/C7H14N4O2S/c8-14(12,13)5-1-2-9-6-7-10-3-4-11-7/h3-4,9H,1-2,5-6H2,(H,10,11)(H2,8,12,13). The van der Waals surface area contributed by atoms with Gasteiger partial charge in [0.15, 0.2) is 0 Å². The highest BCUT2D eigenvalue weighted by atomic mass is 32.2. The Labute approximate surface area is 83.0 Å². The summed E-state index contributed by atoms with van der Waals surface area (Å²) in [6.07, 6.45) is 3.92. The van der Waals surface area contributed by atoms with Crippen molar-refractivity contribution < 1.29 is 8.42 Å². The Morgan fingerprint density at radius 2 is 2.36 bits per heavy atom. The number of aromatic amines is 1. The van der Waals surface area contributed by atoms with Crippen molar-refractivity contribution in [3.05, 3.63) is 18.2 Å².